The Hall–Kier alpha value is -1.27. The molecule has 0 saturated heterocycles. The largest absolute Gasteiger partial charge is 0.371 e. The van der Waals surface area contributed by atoms with Crippen LogP contribution in [0.2, 0.25) is 5.02 Å². The highest BCUT2D eigenvalue weighted by molar-refractivity contribution is 6.30. The Kier molecular flexibility index (Phi) is 4.57. The van der Waals surface area contributed by atoms with E-state index in [1.165, 1.54) is 12.1 Å². The summed E-state index contributed by atoms with van der Waals surface area (Å²) in [6.07, 6.45) is 0.753. The molecule has 1 aromatic carbocycles. The first kappa shape index (κ1) is 12.8. The van der Waals surface area contributed by atoms with E-state index in [1.807, 2.05) is 6.92 Å². The number of nitrogens with zero attached hydrogens (tertiary/aromatic N) is 2. The van der Waals surface area contributed by atoms with Gasteiger partial charge in [0.2, 0.25) is 0 Å². The topological polar surface area (TPSA) is 27.0 Å². The highest BCUT2D eigenvalue weighted by Crippen LogP contribution is 2.23. The van der Waals surface area contributed by atoms with Crippen molar-refractivity contribution in [3.63, 3.8) is 0 Å². The molecule has 0 bridgehead atoms. The summed E-state index contributed by atoms with van der Waals surface area (Å²) in [4.78, 5) is 1.72. The smallest absolute Gasteiger partial charge is 0.146 e. The normalized spacial score (nSPS) is 11.9. The molecule has 0 amide bonds. The molecule has 0 radical (unpaired) electrons. The van der Waals surface area contributed by atoms with E-state index in [1.54, 1.807) is 18.0 Å². The SMILES string of the molecule is CCC(C#N)CN(C)c1cc(Cl)ccc1F. The molecule has 0 aliphatic heterocycles. The van der Waals surface area contributed by atoms with E-state index in [9.17, 15) is 4.39 Å². The van der Waals surface area contributed by atoms with Crippen molar-refractivity contribution in [2.45, 2.75) is 13.3 Å². The fourth-order valence-corrected chi connectivity index (χ4v) is 1.63. The van der Waals surface area contributed by atoms with Crippen LogP contribution < -0.4 is 4.90 Å². The van der Waals surface area contributed by atoms with E-state index in [4.69, 9.17) is 16.9 Å². The van der Waals surface area contributed by atoms with Gasteiger partial charge >= 0.3 is 0 Å². The molecule has 86 valence electrons. The van der Waals surface area contributed by atoms with Crippen LogP contribution in [0, 0.1) is 23.1 Å². The molecular weight excluding hydrogens is 227 g/mol. The van der Waals surface area contributed by atoms with Gasteiger partial charge in [0, 0.05) is 18.6 Å². The monoisotopic (exact) mass is 240 g/mol. The fourth-order valence-electron chi connectivity index (χ4n) is 1.47. The second-order valence-electron chi connectivity index (χ2n) is 3.71. The summed E-state index contributed by atoms with van der Waals surface area (Å²) in [7, 11) is 1.76. The first-order chi connectivity index (χ1) is 7.58. The number of rotatable bonds is 4. The highest BCUT2D eigenvalue weighted by Gasteiger charge is 2.12. The number of nitriles is 1. The van der Waals surface area contributed by atoms with Crippen LogP contribution in [0.5, 0.6) is 0 Å². The Labute approximate surface area is 100 Å². The third kappa shape index (κ3) is 3.11. The van der Waals surface area contributed by atoms with Crippen LogP contribution in [-0.4, -0.2) is 13.6 Å². The lowest BCUT2D eigenvalue weighted by atomic mass is 10.1. The fraction of sp³-hybridized carbons (Fsp3) is 0.417. The number of halogens is 2. The quantitative estimate of drug-likeness (QED) is 0.806. The van der Waals surface area contributed by atoms with Crippen LogP contribution in [0.3, 0.4) is 0 Å². The maximum absolute atomic E-state index is 13.5. The molecule has 0 aliphatic carbocycles. The van der Waals surface area contributed by atoms with Gasteiger partial charge in [-0.2, -0.15) is 5.26 Å². The van der Waals surface area contributed by atoms with Crippen molar-refractivity contribution in [3.05, 3.63) is 29.0 Å². The van der Waals surface area contributed by atoms with E-state index in [-0.39, 0.29) is 11.7 Å². The van der Waals surface area contributed by atoms with Gasteiger partial charge in [-0.25, -0.2) is 4.39 Å². The number of benzene rings is 1. The van der Waals surface area contributed by atoms with E-state index in [0.717, 1.165) is 6.42 Å². The molecule has 1 aromatic rings. The van der Waals surface area contributed by atoms with Crippen LogP contribution in [0.1, 0.15) is 13.3 Å². The van der Waals surface area contributed by atoms with Gasteiger partial charge in [0.15, 0.2) is 0 Å². The molecule has 0 heterocycles. The summed E-state index contributed by atoms with van der Waals surface area (Å²) >= 11 is 5.81. The summed E-state index contributed by atoms with van der Waals surface area (Å²) in [5, 5.41) is 9.34. The van der Waals surface area contributed by atoms with Crippen molar-refractivity contribution in [1.82, 2.24) is 0 Å². The molecular formula is C12H14ClFN2. The van der Waals surface area contributed by atoms with Gasteiger partial charge in [0.1, 0.15) is 5.82 Å². The number of hydrogen-bond donors (Lipinski definition) is 0. The molecule has 4 heteroatoms. The van der Waals surface area contributed by atoms with E-state index in [0.29, 0.717) is 17.3 Å². The second kappa shape index (κ2) is 5.72. The third-order valence-electron chi connectivity index (χ3n) is 2.49. The van der Waals surface area contributed by atoms with Gasteiger partial charge < -0.3 is 4.90 Å². The van der Waals surface area contributed by atoms with Crippen molar-refractivity contribution < 1.29 is 4.39 Å². The lowest BCUT2D eigenvalue weighted by Gasteiger charge is -2.22. The Morgan fingerprint density at radius 3 is 2.81 bits per heavy atom. The Bertz CT molecular complexity index is 400. The van der Waals surface area contributed by atoms with Crippen LogP contribution in [0.25, 0.3) is 0 Å². The first-order valence-corrected chi connectivity index (χ1v) is 5.52. The molecule has 0 saturated carbocycles. The van der Waals surface area contributed by atoms with Gasteiger partial charge in [-0.15, -0.1) is 0 Å². The minimum atomic E-state index is -0.320. The number of anilines is 1. The summed E-state index contributed by atoms with van der Waals surface area (Å²) in [5.41, 5.74) is 0.432. The Morgan fingerprint density at radius 2 is 2.25 bits per heavy atom. The summed E-state index contributed by atoms with van der Waals surface area (Å²) in [5.74, 6) is -0.414. The molecule has 0 fully saturated rings. The van der Waals surface area contributed by atoms with Crippen molar-refractivity contribution in [2.24, 2.45) is 5.92 Å². The second-order valence-corrected chi connectivity index (χ2v) is 4.15. The molecule has 0 aromatic heterocycles. The van der Waals surface area contributed by atoms with E-state index in [2.05, 4.69) is 6.07 Å². The van der Waals surface area contributed by atoms with E-state index >= 15 is 0 Å². The van der Waals surface area contributed by atoms with Gasteiger partial charge in [-0.3, -0.25) is 0 Å². The summed E-state index contributed by atoms with van der Waals surface area (Å²) < 4.78 is 13.5. The first-order valence-electron chi connectivity index (χ1n) is 5.14. The van der Waals surface area contributed by atoms with E-state index < -0.39 is 0 Å². The minimum Gasteiger partial charge on any atom is -0.371 e. The molecule has 0 spiro atoms. The van der Waals surface area contributed by atoms with Gasteiger partial charge in [-0.1, -0.05) is 18.5 Å². The summed E-state index contributed by atoms with van der Waals surface area (Å²) in [6, 6.07) is 6.60. The molecule has 16 heavy (non-hydrogen) atoms. The third-order valence-corrected chi connectivity index (χ3v) is 2.72. The van der Waals surface area contributed by atoms with Crippen molar-refractivity contribution in [2.75, 3.05) is 18.5 Å². The van der Waals surface area contributed by atoms with Crippen molar-refractivity contribution in [3.8, 4) is 6.07 Å². The summed E-state index contributed by atoms with van der Waals surface area (Å²) in [6.45, 7) is 2.44. The Morgan fingerprint density at radius 1 is 1.56 bits per heavy atom. The lowest BCUT2D eigenvalue weighted by Crippen LogP contribution is -2.25. The maximum atomic E-state index is 13.5. The standard InChI is InChI=1S/C12H14ClFN2/c1-3-9(7-15)8-16(2)12-6-10(13)4-5-11(12)14/h4-6,9H,3,8H2,1-2H3. The van der Waals surface area contributed by atoms with Crippen LogP contribution in [-0.2, 0) is 0 Å². The van der Waals surface area contributed by atoms with Crippen LogP contribution >= 0.6 is 11.6 Å². The van der Waals surface area contributed by atoms with Crippen molar-refractivity contribution >= 4 is 17.3 Å². The molecule has 1 rings (SSSR count). The van der Waals surface area contributed by atoms with Gasteiger partial charge in [0.05, 0.1) is 17.7 Å². The minimum absolute atomic E-state index is 0.0941. The lowest BCUT2D eigenvalue weighted by molar-refractivity contribution is 0.598. The van der Waals surface area contributed by atoms with Crippen LogP contribution in [0.15, 0.2) is 18.2 Å². The molecule has 2 nitrogen and oxygen atoms in total. The zero-order chi connectivity index (χ0) is 12.1. The maximum Gasteiger partial charge on any atom is 0.146 e. The van der Waals surface area contributed by atoms with Crippen molar-refractivity contribution in [1.29, 1.82) is 5.26 Å². The average molecular weight is 241 g/mol. The predicted octanol–water partition coefficient (Wildman–Crippen LogP) is 3.47. The van der Waals surface area contributed by atoms with Gasteiger partial charge in [-0.05, 0) is 24.6 Å². The van der Waals surface area contributed by atoms with Gasteiger partial charge in [0.25, 0.3) is 0 Å². The number of hydrogen-bond acceptors (Lipinski definition) is 2. The molecule has 0 aliphatic rings. The van der Waals surface area contributed by atoms with Crippen LogP contribution in [0.4, 0.5) is 10.1 Å². The molecule has 1 atom stereocenters. The predicted molar refractivity (Wildman–Crippen MR) is 64.1 cm³/mol. The zero-order valence-corrected chi connectivity index (χ0v) is 10.1. The highest BCUT2D eigenvalue weighted by atomic mass is 35.5. The zero-order valence-electron chi connectivity index (χ0n) is 9.37. The average Bonchev–Trinajstić information content (AvgIpc) is 2.28. The molecule has 1 unspecified atom stereocenters. The molecule has 0 N–H and O–H groups in total. The Balaban J connectivity index is 2.84.